The van der Waals surface area contributed by atoms with Gasteiger partial charge in [-0.25, -0.2) is 0 Å². The zero-order valence-corrected chi connectivity index (χ0v) is 10.4. The summed E-state index contributed by atoms with van der Waals surface area (Å²) in [6, 6.07) is 9.72. The van der Waals surface area contributed by atoms with Gasteiger partial charge < -0.3 is 9.31 Å². The van der Waals surface area contributed by atoms with Crippen LogP contribution < -0.4 is 5.46 Å². The van der Waals surface area contributed by atoms with Crippen LogP contribution in [0, 0.1) is 5.92 Å². The van der Waals surface area contributed by atoms with E-state index in [2.05, 4.69) is 0 Å². The molecule has 0 bridgehead atoms. The van der Waals surface area contributed by atoms with E-state index in [9.17, 15) is 4.79 Å². The molecule has 1 aromatic rings. The minimum absolute atomic E-state index is 0.0298. The molecule has 2 atom stereocenters. The van der Waals surface area contributed by atoms with Crippen molar-refractivity contribution in [1.82, 2.24) is 0 Å². The van der Waals surface area contributed by atoms with Crippen molar-refractivity contribution in [3.63, 3.8) is 0 Å². The predicted octanol–water partition coefficient (Wildman–Crippen LogP) is 1.41. The first-order valence-corrected chi connectivity index (χ1v) is 5.96. The Morgan fingerprint density at radius 1 is 1.24 bits per heavy atom. The highest BCUT2D eigenvalue weighted by atomic mass is 16.7. The molecule has 1 heterocycles. The lowest BCUT2D eigenvalue weighted by molar-refractivity contribution is -0.125. The first-order valence-electron chi connectivity index (χ1n) is 5.96. The number of hydrogen-bond donors (Lipinski definition) is 0. The van der Waals surface area contributed by atoms with E-state index in [0.29, 0.717) is 0 Å². The topological polar surface area (TPSA) is 35.5 Å². The molecule has 0 unspecified atom stereocenters. The molecule has 3 nitrogen and oxygen atoms in total. The Morgan fingerprint density at radius 3 is 2.35 bits per heavy atom. The average molecular weight is 232 g/mol. The van der Waals surface area contributed by atoms with E-state index in [0.717, 1.165) is 5.46 Å². The van der Waals surface area contributed by atoms with Crippen LogP contribution in [-0.2, 0) is 14.1 Å². The predicted molar refractivity (Wildman–Crippen MR) is 67.1 cm³/mol. The fourth-order valence-corrected chi connectivity index (χ4v) is 2.06. The molecule has 0 saturated carbocycles. The van der Waals surface area contributed by atoms with Crippen molar-refractivity contribution in [2.24, 2.45) is 5.92 Å². The molecule has 4 heteroatoms. The van der Waals surface area contributed by atoms with Crippen molar-refractivity contribution in [3.8, 4) is 0 Å². The summed E-state index contributed by atoms with van der Waals surface area (Å²) >= 11 is 0. The summed E-state index contributed by atoms with van der Waals surface area (Å²) < 4.78 is 11.6. The zero-order chi connectivity index (χ0) is 12.4. The molecule has 1 aliphatic heterocycles. The van der Waals surface area contributed by atoms with Gasteiger partial charge >= 0.3 is 7.12 Å². The van der Waals surface area contributed by atoms with Crippen molar-refractivity contribution < 1.29 is 14.1 Å². The molecule has 2 rings (SSSR count). The summed E-state index contributed by atoms with van der Waals surface area (Å²) in [5.74, 6) is 0.291. The monoisotopic (exact) mass is 232 g/mol. The Morgan fingerprint density at radius 2 is 1.88 bits per heavy atom. The van der Waals surface area contributed by atoms with Crippen LogP contribution in [0.5, 0.6) is 0 Å². The van der Waals surface area contributed by atoms with E-state index in [-0.39, 0.29) is 17.8 Å². The summed E-state index contributed by atoms with van der Waals surface area (Å²) in [6.07, 6.45) is -0.599. The maximum Gasteiger partial charge on any atom is 0.494 e. The van der Waals surface area contributed by atoms with Gasteiger partial charge in [0.25, 0.3) is 0 Å². The second-order valence-corrected chi connectivity index (χ2v) is 4.75. The summed E-state index contributed by atoms with van der Waals surface area (Å²) in [4.78, 5) is 11.5. The number of hydrogen-bond acceptors (Lipinski definition) is 3. The molecule has 1 saturated heterocycles. The Bertz CT molecular complexity index is 391. The molecule has 90 valence electrons. The van der Waals surface area contributed by atoms with Crippen LogP contribution in [0.2, 0.25) is 0 Å². The summed E-state index contributed by atoms with van der Waals surface area (Å²) in [7, 11) is -0.419. The standard InChI is InChI=1S/C13H17BO3/c1-9(2)12-13(10(3)15)17-14(16-12)11-7-5-4-6-8-11/h4-9,12-13H,1-3H3/t12-,13-/m1/s1. The van der Waals surface area contributed by atoms with Crippen molar-refractivity contribution in [2.45, 2.75) is 33.0 Å². The number of carbonyl (C=O) groups excluding carboxylic acids is 1. The van der Waals surface area contributed by atoms with Crippen molar-refractivity contribution in [3.05, 3.63) is 30.3 Å². The molecule has 0 aliphatic carbocycles. The first-order chi connectivity index (χ1) is 8.09. The second kappa shape index (κ2) is 5.02. The van der Waals surface area contributed by atoms with Gasteiger partial charge in [-0.15, -0.1) is 0 Å². The lowest BCUT2D eigenvalue weighted by Crippen LogP contribution is -2.33. The highest BCUT2D eigenvalue weighted by Crippen LogP contribution is 2.23. The van der Waals surface area contributed by atoms with E-state index in [4.69, 9.17) is 9.31 Å². The van der Waals surface area contributed by atoms with Gasteiger partial charge in [-0.05, 0) is 18.3 Å². The van der Waals surface area contributed by atoms with Gasteiger partial charge in [-0.1, -0.05) is 44.2 Å². The van der Waals surface area contributed by atoms with Crippen LogP contribution >= 0.6 is 0 Å². The zero-order valence-electron chi connectivity index (χ0n) is 10.4. The van der Waals surface area contributed by atoms with Crippen LogP contribution in [-0.4, -0.2) is 25.1 Å². The molecule has 17 heavy (non-hydrogen) atoms. The fourth-order valence-electron chi connectivity index (χ4n) is 2.06. The summed E-state index contributed by atoms with van der Waals surface area (Å²) in [5.41, 5.74) is 0.960. The first kappa shape index (κ1) is 12.3. The van der Waals surface area contributed by atoms with Crippen molar-refractivity contribution >= 4 is 18.4 Å². The van der Waals surface area contributed by atoms with Crippen LogP contribution in [0.3, 0.4) is 0 Å². The molecule has 0 N–H and O–H groups in total. The number of rotatable bonds is 3. The van der Waals surface area contributed by atoms with E-state index in [1.54, 1.807) is 6.92 Å². The third-order valence-electron chi connectivity index (χ3n) is 2.98. The van der Waals surface area contributed by atoms with Gasteiger partial charge in [0, 0.05) is 0 Å². The Kier molecular flexibility index (Phi) is 3.65. The minimum atomic E-state index is -0.444. The third-order valence-corrected chi connectivity index (χ3v) is 2.98. The lowest BCUT2D eigenvalue weighted by atomic mass is 9.79. The Balaban J connectivity index is 2.17. The number of ketones is 1. The minimum Gasteiger partial charge on any atom is -0.401 e. The fraction of sp³-hybridized carbons (Fsp3) is 0.462. The number of Topliss-reactive ketones (excluding diaryl/α,β-unsaturated/α-hetero) is 1. The molecule has 1 aliphatic rings. The van der Waals surface area contributed by atoms with Gasteiger partial charge in [-0.2, -0.15) is 0 Å². The Hall–Kier alpha value is -1.13. The van der Waals surface area contributed by atoms with Gasteiger partial charge in [0.15, 0.2) is 5.78 Å². The van der Waals surface area contributed by atoms with Crippen LogP contribution in [0.4, 0.5) is 0 Å². The van der Waals surface area contributed by atoms with E-state index in [1.165, 1.54) is 0 Å². The molecular weight excluding hydrogens is 215 g/mol. The molecule has 0 radical (unpaired) electrons. The normalized spacial score (nSPS) is 24.4. The van der Waals surface area contributed by atoms with Crippen molar-refractivity contribution in [1.29, 1.82) is 0 Å². The quantitative estimate of drug-likeness (QED) is 0.739. The van der Waals surface area contributed by atoms with Gasteiger partial charge in [0.2, 0.25) is 0 Å². The third kappa shape index (κ3) is 2.59. The molecule has 0 amide bonds. The van der Waals surface area contributed by atoms with Crippen LogP contribution in [0.25, 0.3) is 0 Å². The van der Waals surface area contributed by atoms with Crippen LogP contribution in [0.1, 0.15) is 20.8 Å². The lowest BCUT2D eigenvalue weighted by Gasteiger charge is -2.18. The van der Waals surface area contributed by atoms with E-state index < -0.39 is 13.2 Å². The maximum atomic E-state index is 11.5. The molecular formula is C13H17BO3. The van der Waals surface area contributed by atoms with Gasteiger partial charge in [0.05, 0.1) is 6.10 Å². The summed E-state index contributed by atoms with van der Waals surface area (Å²) in [5, 5.41) is 0. The molecule has 0 spiro atoms. The van der Waals surface area contributed by atoms with Crippen molar-refractivity contribution in [2.75, 3.05) is 0 Å². The SMILES string of the molecule is CC(=O)[C@H]1OB(c2ccccc2)O[C@@H]1C(C)C. The molecule has 0 aromatic heterocycles. The number of benzene rings is 1. The molecule has 1 fully saturated rings. The van der Waals surface area contributed by atoms with Gasteiger partial charge in [-0.3, -0.25) is 4.79 Å². The second-order valence-electron chi connectivity index (χ2n) is 4.75. The van der Waals surface area contributed by atoms with Gasteiger partial charge in [0.1, 0.15) is 6.10 Å². The average Bonchev–Trinajstić information content (AvgIpc) is 2.75. The molecule has 1 aromatic carbocycles. The van der Waals surface area contributed by atoms with E-state index >= 15 is 0 Å². The maximum absolute atomic E-state index is 11.5. The Labute approximate surface area is 102 Å². The highest BCUT2D eigenvalue weighted by Gasteiger charge is 2.44. The number of carbonyl (C=O) groups is 1. The largest absolute Gasteiger partial charge is 0.494 e. The van der Waals surface area contributed by atoms with Crippen LogP contribution in [0.15, 0.2) is 30.3 Å². The summed E-state index contributed by atoms with van der Waals surface area (Å²) in [6.45, 7) is 5.63. The smallest absolute Gasteiger partial charge is 0.401 e. The van der Waals surface area contributed by atoms with E-state index in [1.807, 2.05) is 44.2 Å². The highest BCUT2D eigenvalue weighted by molar-refractivity contribution is 6.62.